The quantitative estimate of drug-likeness (QED) is 0.203. The van der Waals surface area contributed by atoms with Gasteiger partial charge in [0.15, 0.2) is 11.5 Å². The van der Waals surface area contributed by atoms with Crippen LogP contribution in [0.4, 0.5) is 23.1 Å². The number of nitrogen functional groups attached to an aromatic ring is 1. The maximum Gasteiger partial charge on any atom is 0.326 e. The molecular weight excluding hydrogens is 462 g/mol. The van der Waals surface area contributed by atoms with Crippen molar-refractivity contribution in [3.8, 4) is 0 Å². The van der Waals surface area contributed by atoms with E-state index in [9.17, 15) is 29.1 Å². The molecule has 0 spiro atoms. The minimum atomic E-state index is -1.25. The van der Waals surface area contributed by atoms with Crippen molar-refractivity contribution in [1.82, 2.24) is 15.3 Å². The number of carbonyl (C=O) groups excluding carboxylic acids is 2. The zero-order valence-corrected chi connectivity index (χ0v) is 18.5. The second kappa shape index (κ2) is 11.0. The van der Waals surface area contributed by atoms with E-state index in [1.54, 1.807) is 12.1 Å². The van der Waals surface area contributed by atoms with Gasteiger partial charge in [0, 0.05) is 30.8 Å². The fourth-order valence-corrected chi connectivity index (χ4v) is 3.58. The first-order valence-corrected chi connectivity index (χ1v) is 10.7. The Morgan fingerprint density at radius 3 is 2.60 bits per heavy atom. The highest BCUT2D eigenvalue weighted by Crippen LogP contribution is 2.25. The van der Waals surface area contributed by atoms with E-state index in [1.807, 2.05) is 0 Å². The van der Waals surface area contributed by atoms with Crippen molar-refractivity contribution in [2.45, 2.75) is 31.3 Å². The fraction of sp³-hybridized carbons (Fsp3) is 0.333. The number of nitrogens with one attached hydrogen (secondary N) is 4. The molecule has 0 bridgehead atoms. The third-order valence-electron chi connectivity index (χ3n) is 5.36. The molecule has 14 nitrogen and oxygen atoms in total. The van der Waals surface area contributed by atoms with Gasteiger partial charge in [-0.05, 0) is 37.1 Å². The van der Waals surface area contributed by atoms with Crippen LogP contribution in [0.3, 0.4) is 0 Å². The van der Waals surface area contributed by atoms with Gasteiger partial charge in [0.25, 0.3) is 11.5 Å². The summed E-state index contributed by atoms with van der Waals surface area (Å²) < 4.78 is 0. The van der Waals surface area contributed by atoms with Gasteiger partial charge in [-0.25, -0.2) is 4.79 Å². The maximum atomic E-state index is 12.4. The Bertz CT molecular complexity index is 1170. The molecule has 0 unspecified atom stereocenters. The molecule has 2 aromatic rings. The first-order chi connectivity index (χ1) is 16.7. The summed E-state index contributed by atoms with van der Waals surface area (Å²) in [6.45, 7) is 0.582. The summed E-state index contributed by atoms with van der Waals surface area (Å²) in [5, 5.41) is 26.4. The lowest BCUT2D eigenvalue weighted by molar-refractivity contribution is -0.140. The predicted molar refractivity (Wildman–Crippen MR) is 125 cm³/mol. The monoisotopic (exact) mass is 487 g/mol. The number of amides is 2. The standard InChI is InChI=1S/C21H25N7O7/c22-21-26-17-16(19(33)27-21)28(10-29)13(9-24-17)8-23-12-6-4-11(5-7-12)18(32)25-14(20(34)35)2-1-3-15(30)31/h4-7,10,13-14,23H,1-3,8-9H2,(H,25,32)(H,30,31)(H,34,35)(H4,22,24,26,27,33)/t13-,14-/m0/s1. The van der Waals surface area contributed by atoms with Crippen LogP contribution in [0.1, 0.15) is 29.6 Å². The van der Waals surface area contributed by atoms with Crippen LogP contribution in [-0.2, 0) is 14.4 Å². The van der Waals surface area contributed by atoms with Gasteiger partial charge < -0.3 is 36.8 Å². The van der Waals surface area contributed by atoms with Crippen molar-refractivity contribution in [3.05, 3.63) is 40.2 Å². The average Bonchev–Trinajstić information content (AvgIpc) is 2.81. The van der Waals surface area contributed by atoms with E-state index in [-0.39, 0.29) is 48.8 Å². The number of carbonyl (C=O) groups is 4. The Hall–Kier alpha value is -4.62. The van der Waals surface area contributed by atoms with Crippen molar-refractivity contribution in [3.63, 3.8) is 0 Å². The number of aromatic amines is 1. The number of nitrogens with two attached hydrogens (primary N) is 1. The van der Waals surface area contributed by atoms with Crippen molar-refractivity contribution in [2.75, 3.05) is 34.4 Å². The summed E-state index contributed by atoms with van der Waals surface area (Å²) in [6.07, 6.45) is 0.456. The molecule has 2 atom stereocenters. The number of carboxylic acids is 2. The van der Waals surface area contributed by atoms with Crippen molar-refractivity contribution in [2.24, 2.45) is 0 Å². The topological polar surface area (TPSA) is 220 Å². The molecule has 35 heavy (non-hydrogen) atoms. The maximum absolute atomic E-state index is 12.4. The number of nitrogens with zero attached hydrogens (tertiary/aromatic N) is 2. The summed E-state index contributed by atoms with van der Waals surface area (Å²) in [5.41, 5.74) is 5.90. The number of anilines is 4. The number of hydrogen-bond donors (Lipinski definition) is 7. The summed E-state index contributed by atoms with van der Waals surface area (Å²) in [4.78, 5) is 65.9. The van der Waals surface area contributed by atoms with Gasteiger partial charge >= 0.3 is 11.9 Å². The highest BCUT2D eigenvalue weighted by Gasteiger charge is 2.29. The SMILES string of the molecule is Nc1nc2c(c(=O)[nH]1)N(C=O)[C@@H](CNc1ccc(C(=O)N[C@@H](CCCC(=O)O)C(=O)O)cc1)CN2. The van der Waals surface area contributed by atoms with Crippen LogP contribution < -0.4 is 32.1 Å². The highest BCUT2D eigenvalue weighted by atomic mass is 16.4. The van der Waals surface area contributed by atoms with Crippen LogP contribution >= 0.6 is 0 Å². The number of H-pyrrole nitrogens is 1. The fourth-order valence-electron chi connectivity index (χ4n) is 3.58. The Labute approximate surface area is 198 Å². The second-order valence-electron chi connectivity index (χ2n) is 7.80. The van der Waals surface area contributed by atoms with E-state index in [1.165, 1.54) is 17.0 Å². The first-order valence-electron chi connectivity index (χ1n) is 10.7. The smallest absolute Gasteiger partial charge is 0.326 e. The normalized spacial score (nSPS) is 15.3. The highest BCUT2D eigenvalue weighted by molar-refractivity contribution is 5.96. The minimum Gasteiger partial charge on any atom is -0.481 e. The van der Waals surface area contributed by atoms with Gasteiger partial charge in [0.2, 0.25) is 12.4 Å². The van der Waals surface area contributed by atoms with Gasteiger partial charge in [-0.2, -0.15) is 4.98 Å². The minimum absolute atomic E-state index is 0.0102. The molecule has 0 radical (unpaired) electrons. The van der Waals surface area contributed by atoms with E-state index in [0.29, 0.717) is 18.6 Å². The Balaban J connectivity index is 1.59. The molecule has 1 aliphatic heterocycles. The van der Waals surface area contributed by atoms with Crippen molar-refractivity contribution in [1.29, 1.82) is 0 Å². The second-order valence-corrected chi connectivity index (χ2v) is 7.80. The molecule has 1 aromatic heterocycles. The number of rotatable bonds is 11. The number of benzene rings is 1. The van der Waals surface area contributed by atoms with Gasteiger partial charge in [-0.15, -0.1) is 0 Å². The third-order valence-corrected chi connectivity index (χ3v) is 5.36. The Morgan fingerprint density at radius 1 is 1.26 bits per heavy atom. The molecule has 1 aliphatic rings. The van der Waals surface area contributed by atoms with Crippen molar-refractivity contribution < 1.29 is 29.4 Å². The molecule has 3 rings (SSSR count). The number of fused-ring (bicyclic) bond motifs is 1. The van der Waals surface area contributed by atoms with Crippen LogP contribution in [-0.4, -0.2) is 69.6 Å². The van der Waals surface area contributed by atoms with E-state index in [0.717, 1.165) is 0 Å². The third kappa shape index (κ3) is 6.25. The summed E-state index contributed by atoms with van der Waals surface area (Å²) >= 11 is 0. The molecule has 8 N–H and O–H groups in total. The van der Waals surface area contributed by atoms with E-state index in [2.05, 4.69) is 25.9 Å². The number of aliphatic carboxylic acids is 2. The lowest BCUT2D eigenvalue weighted by Gasteiger charge is -2.34. The lowest BCUT2D eigenvalue weighted by Crippen LogP contribution is -2.50. The Morgan fingerprint density at radius 2 is 1.97 bits per heavy atom. The summed E-state index contributed by atoms with van der Waals surface area (Å²) in [6, 6.07) is 4.59. The van der Waals surface area contributed by atoms with E-state index in [4.69, 9.17) is 10.8 Å². The van der Waals surface area contributed by atoms with E-state index >= 15 is 0 Å². The van der Waals surface area contributed by atoms with Gasteiger partial charge in [-0.1, -0.05) is 0 Å². The number of aromatic nitrogens is 2. The lowest BCUT2D eigenvalue weighted by atomic mass is 10.1. The van der Waals surface area contributed by atoms with Crippen LogP contribution in [0.25, 0.3) is 0 Å². The number of hydrogen-bond acceptors (Lipinski definition) is 9. The molecule has 2 heterocycles. The van der Waals surface area contributed by atoms with E-state index < -0.39 is 35.5 Å². The number of carboxylic acid groups (broad SMARTS) is 2. The average molecular weight is 487 g/mol. The van der Waals surface area contributed by atoms with Crippen molar-refractivity contribution >= 4 is 47.4 Å². The zero-order chi connectivity index (χ0) is 25.5. The summed E-state index contributed by atoms with van der Waals surface area (Å²) in [5.74, 6) is -2.75. The van der Waals surface area contributed by atoms with Crippen LogP contribution in [0.15, 0.2) is 29.1 Å². The molecule has 1 aromatic carbocycles. The summed E-state index contributed by atoms with van der Waals surface area (Å²) in [7, 11) is 0. The van der Waals surface area contributed by atoms with Crippen LogP contribution in [0.5, 0.6) is 0 Å². The molecule has 2 amide bonds. The molecule has 186 valence electrons. The largest absolute Gasteiger partial charge is 0.481 e. The van der Waals surface area contributed by atoms with Crippen LogP contribution in [0.2, 0.25) is 0 Å². The molecule has 0 saturated heterocycles. The van der Waals surface area contributed by atoms with Crippen LogP contribution in [0, 0.1) is 0 Å². The predicted octanol–water partition coefficient (Wildman–Crippen LogP) is -0.341. The Kier molecular flexibility index (Phi) is 7.86. The first kappa shape index (κ1) is 25.0. The molecule has 0 fully saturated rings. The van der Waals surface area contributed by atoms with Gasteiger partial charge in [-0.3, -0.25) is 24.2 Å². The van der Waals surface area contributed by atoms with Gasteiger partial charge in [0.1, 0.15) is 6.04 Å². The molecular formula is C21H25N7O7. The molecule has 0 saturated carbocycles. The van der Waals surface area contributed by atoms with Gasteiger partial charge in [0.05, 0.1) is 6.04 Å². The zero-order valence-electron chi connectivity index (χ0n) is 18.5. The molecule has 14 heteroatoms. The molecule has 0 aliphatic carbocycles.